The van der Waals surface area contributed by atoms with Crippen LogP contribution in [0.3, 0.4) is 0 Å². The maximum absolute atomic E-state index is 10.5. The highest BCUT2D eigenvalue weighted by Crippen LogP contribution is 2.33. The molecular formula is C16H25NO2. The highest BCUT2D eigenvalue weighted by atomic mass is 16.5. The number of rotatable bonds is 5. The summed E-state index contributed by atoms with van der Waals surface area (Å²) in [5.41, 5.74) is 1.84. The molecule has 0 amide bonds. The average Bonchev–Trinajstić information content (AvgIpc) is 2.37. The zero-order valence-corrected chi connectivity index (χ0v) is 12.1. The summed E-state index contributed by atoms with van der Waals surface area (Å²) >= 11 is 0. The normalized spacial score (nSPS) is 22.1. The zero-order chi connectivity index (χ0) is 13.9. The summed E-state index contributed by atoms with van der Waals surface area (Å²) in [5.74, 6) is 0. The van der Waals surface area contributed by atoms with Crippen molar-refractivity contribution in [2.24, 2.45) is 0 Å². The zero-order valence-electron chi connectivity index (χ0n) is 12.1. The predicted octanol–water partition coefficient (Wildman–Crippen LogP) is 2.44. The van der Waals surface area contributed by atoms with Crippen LogP contribution in [-0.2, 0) is 11.2 Å². The van der Waals surface area contributed by atoms with Gasteiger partial charge in [0, 0.05) is 19.0 Å². The maximum Gasteiger partial charge on any atom is 0.0855 e. The molecule has 0 saturated heterocycles. The Morgan fingerprint density at radius 2 is 2.16 bits per heavy atom. The van der Waals surface area contributed by atoms with E-state index in [0.29, 0.717) is 19.0 Å². The molecule has 1 heterocycles. The van der Waals surface area contributed by atoms with E-state index in [0.717, 1.165) is 13.0 Å². The minimum atomic E-state index is -0.751. The first-order chi connectivity index (χ1) is 8.98. The van der Waals surface area contributed by atoms with Crippen LogP contribution in [0.1, 0.15) is 44.4 Å². The Morgan fingerprint density at radius 3 is 2.89 bits per heavy atom. The number of ether oxygens (including phenoxy) is 1. The number of nitrogens with one attached hydrogen (secondary N) is 1. The SMILES string of the molecule is CC(C)NCC(C)(O)CC1OCCc2ccccc21. The Bertz CT molecular complexity index is 415. The van der Waals surface area contributed by atoms with Gasteiger partial charge in [0.15, 0.2) is 0 Å². The first-order valence-corrected chi connectivity index (χ1v) is 7.13. The minimum Gasteiger partial charge on any atom is -0.389 e. The van der Waals surface area contributed by atoms with Gasteiger partial charge in [-0.2, -0.15) is 0 Å². The van der Waals surface area contributed by atoms with Gasteiger partial charge in [-0.15, -0.1) is 0 Å². The molecule has 0 aromatic heterocycles. The average molecular weight is 263 g/mol. The molecule has 0 bridgehead atoms. The molecule has 2 N–H and O–H groups in total. The second-order valence-corrected chi connectivity index (χ2v) is 6.04. The molecular weight excluding hydrogens is 238 g/mol. The standard InChI is InChI=1S/C16H25NO2/c1-12(2)17-11-16(3,18)10-15-14-7-5-4-6-13(14)8-9-19-15/h4-7,12,15,17-18H,8-11H2,1-3H3. The van der Waals surface area contributed by atoms with E-state index in [2.05, 4.69) is 37.4 Å². The Morgan fingerprint density at radius 1 is 1.42 bits per heavy atom. The minimum absolute atomic E-state index is 0.00825. The van der Waals surface area contributed by atoms with E-state index in [-0.39, 0.29) is 6.10 Å². The van der Waals surface area contributed by atoms with Crippen molar-refractivity contribution in [3.05, 3.63) is 35.4 Å². The Labute approximate surface area is 116 Å². The van der Waals surface area contributed by atoms with E-state index >= 15 is 0 Å². The number of hydrogen-bond acceptors (Lipinski definition) is 3. The molecule has 1 aliphatic rings. The summed E-state index contributed by atoms with van der Waals surface area (Å²) in [6.45, 7) is 7.38. The van der Waals surface area contributed by atoms with Gasteiger partial charge in [-0.05, 0) is 24.5 Å². The number of aliphatic hydroxyl groups is 1. The first kappa shape index (κ1) is 14.5. The lowest BCUT2D eigenvalue weighted by Crippen LogP contribution is -2.42. The topological polar surface area (TPSA) is 41.5 Å². The summed E-state index contributed by atoms with van der Waals surface area (Å²) in [6, 6.07) is 8.77. The first-order valence-electron chi connectivity index (χ1n) is 7.13. The van der Waals surface area contributed by atoms with Gasteiger partial charge in [-0.1, -0.05) is 38.1 Å². The molecule has 2 unspecified atom stereocenters. The van der Waals surface area contributed by atoms with Gasteiger partial charge in [0.25, 0.3) is 0 Å². The van der Waals surface area contributed by atoms with E-state index in [1.165, 1.54) is 11.1 Å². The smallest absolute Gasteiger partial charge is 0.0855 e. The van der Waals surface area contributed by atoms with Crippen molar-refractivity contribution in [2.45, 2.75) is 51.4 Å². The highest BCUT2D eigenvalue weighted by Gasteiger charge is 2.29. The van der Waals surface area contributed by atoms with Gasteiger partial charge in [0.1, 0.15) is 0 Å². The van der Waals surface area contributed by atoms with Crippen LogP contribution in [0.15, 0.2) is 24.3 Å². The van der Waals surface area contributed by atoms with E-state index in [1.54, 1.807) is 0 Å². The molecule has 19 heavy (non-hydrogen) atoms. The van der Waals surface area contributed by atoms with Crippen molar-refractivity contribution in [1.29, 1.82) is 0 Å². The summed E-state index contributed by atoms with van der Waals surface area (Å²) in [5, 5.41) is 13.8. The van der Waals surface area contributed by atoms with Crippen molar-refractivity contribution < 1.29 is 9.84 Å². The molecule has 1 aromatic rings. The molecule has 0 fully saturated rings. The lowest BCUT2D eigenvalue weighted by molar-refractivity contribution is -0.0365. The third kappa shape index (κ3) is 4.03. The largest absolute Gasteiger partial charge is 0.389 e. The van der Waals surface area contributed by atoms with Crippen LogP contribution in [0.4, 0.5) is 0 Å². The number of benzene rings is 1. The van der Waals surface area contributed by atoms with Crippen molar-refractivity contribution in [2.75, 3.05) is 13.2 Å². The van der Waals surface area contributed by atoms with Crippen LogP contribution in [0, 0.1) is 0 Å². The molecule has 3 heteroatoms. The molecule has 1 aliphatic heterocycles. The van der Waals surface area contributed by atoms with Crippen LogP contribution in [-0.4, -0.2) is 29.9 Å². The second-order valence-electron chi connectivity index (χ2n) is 6.04. The van der Waals surface area contributed by atoms with E-state index in [1.807, 2.05) is 13.0 Å². The summed E-state index contributed by atoms with van der Waals surface area (Å²) < 4.78 is 5.86. The van der Waals surface area contributed by atoms with E-state index < -0.39 is 5.60 Å². The van der Waals surface area contributed by atoms with Crippen molar-refractivity contribution in [3.8, 4) is 0 Å². The lowest BCUT2D eigenvalue weighted by Gasteiger charge is -2.33. The van der Waals surface area contributed by atoms with Crippen LogP contribution in [0.25, 0.3) is 0 Å². The van der Waals surface area contributed by atoms with Crippen molar-refractivity contribution >= 4 is 0 Å². The molecule has 1 aromatic carbocycles. The van der Waals surface area contributed by atoms with Gasteiger partial charge in [0.05, 0.1) is 18.3 Å². The number of hydrogen-bond donors (Lipinski definition) is 2. The summed E-state index contributed by atoms with van der Waals surface area (Å²) in [6.07, 6.45) is 1.61. The third-order valence-corrected chi connectivity index (χ3v) is 3.61. The van der Waals surface area contributed by atoms with E-state index in [4.69, 9.17) is 4.74 Å². The van der Waals surface area contributed by atoms with Gasteiger partial charge in [0.2, 0.25) is 0 Å². The fourth-order valence-corrected chi connectivity index (χ4v) is 2.54. The molecule has 2 rings (SSSR count). The Balaban J connectivity index is 2.03. The van der Waals surface area contributed by atoms with Gasteiger partial charge in [-0.25, -0.2) is 0 Å². The Kier molecular flexibility index (Phi) is 4.61. The van der Waals surface area contributed by atoms with Gasteiger partial charge >= 0.3 is 0 Å². The predicted molar refractivity (Wildman–Crippen MR) is 77.2 cm³/mol. The van der Waals surface area contributed by atoms with Gasteiger partial charge < -0.3 is 15.2 Å². The van der Waals surface area contributed by atoms with Crippen LogP contribution < -0.4 is 5.32 Å². The monoisotopic (exact) mass is 263 g/mol. The molecule has 0 spiro atoms. The van der Waals surface area contributed by atoms with Crippen LogP contribution in [0.2, 0.25) is 0 Å². The lowest BCUT2D eigenvalue weighted by atomic mass is 9.89. The molecule has 2 atom stereocenters. The van der Waals surface area contributed by atoms with Crippen LogP contribution in [0.5, 0.6) is 0 Å². The molecule has 3 nitrogen and oxygen atoms in total. The third-order valence-electron chi connectivity index (χ3n) is 3.61. The second kappa shape index (κ2) is 6.04. The van der Waals surface area contributed by atoms with Crippen molar-refractivity contribution in [3.63, 3.8) is 0 Å². The molecule has 0 radical (unpaired) electrons. The summed E-state index contributed by atoms with van der Waals surface area (Å²) in [4.78, 5) is 0. The summed E-state index contributed by atoms with van der Waals surface area (Å²) in [7, 11) is 0. The molecule has 0 saturated carbocycles. The van der Waals surface area contributed by atoms with E-state index in [9.17, 15) is 5.11 Å². The fourth-order valence-electron chi connectivity index (χ4n) is 2.54. The molecule has 0 aliphatic carbocycles. The Hall–Kier alpha value is -0.900. The van der Waals surface area contributed by atoms with Crippen LogP contribution >= 0.6 is 0 Å². The highest BCUT2D eigenvalue weighted by molar-refractivity contribution is 5.31. The fraction of sp³-hybridized carbons (Fsp3) is 0.625. The number of fused-ring (bicyclic) bond motifs is 1. The molecule has 106 valence electrons. The van der Waals surface area contributed by atoms with Gasteiger partial charge in [-0.3, -0.25) is 0 Å². The quantitative estimate of drug-likeness (QED) is 0.857. The maximum atomic E-state index is 10.5. The van der Waals surface area contributed by atoms with Crippen molar-refractivity contribution in [1.82, 2.24) is 5.32 Å².